The molecule has 1 aromatic rings. The maximum Gasteiger partial charge on any atom is 0.103 e. The van der Waals surface area contributed by atoms with Crippen molar-refractivity contribution in [1.82, 2.24) is 10.3 Å². The van der Waals surface area contributed by atoms with Gasteiger partial charge in [-0.3, -0.25) is 10.3 Å². The number of nitriles is 1. The zero-order valence-electron chi connectivity index (χ0n) is 10.4. The van der Waals surface area contributed by atoms with Crippen molar-refractivity contribution >= 4 is 11.8 Å². The highest BCUT2D eigenvalue weighted by molar-refractivity contribution is 7.99. The molecular formula is C13H19N3S. The second-order valence-electron chi connectivity index (χ2n) is 4.11. The molecule has 92 valence electrons. The number of pyridine rings is 1. The molecule has 0 saturated carbocycles. The van der Waals surface area contributed by atoms with Crippen LogP contribution in [0.1, 0.15) is 26.7 Å². The molecule has 1 atom stereocenters. The van der Waals surface area contributed by atoms with Gasteiger partial charge >= 0.3 is 0 Å². The molecule has 0 radical (unpaired) electrons. The lowest BCUT2D eigenvalue weighted by Gasteiger charge is -2.22. The summed E-state index contributed by atoms with van der Waals surface area (Å²) >= 11 is 1.81. The Morgan fingerprint density at radius 2 is 2.18 bits per heavy atom. The molecule has 0 bridgehead atoms. The molecule has 0 aromatic carbocycles. The maximum atomic E-state index is 9.11. The number of rotatable bonds is 7. The molecule has 1 aromatic heterocycles. The molecule has 0 aliphatic carbocycles. The highest BCUT2D eigenvalue weighted by Crippen LogP contribution is 2.20. The third-order valence-electron chi connectivity index (χ3n) is 2.55. The summed E-state index contributed by atoms with van der Waals surface area (Å²) in [6.45, 7) is 4.83. The molecule has 1 rings (SSSR count). The second-order valence-corrected chi connectivity index (χ2v) is 5.28. The Balaban J connectivity index is 2.26. The molecule has 0 amide bonds. The van der Waals surface area contributed by atoms with Gasteiger partial charge in [-0.05, 0) is 44.2 Å². The van der Waals surface area contributed by atoms with E-state index in [0.29, 0.717) is 0 Å². The summed E-state index contributed by atoms with van der Waals surface area (Å²) in [4.78, 5) is 5.22. The van der Waals surface area contributed by atoms with E-state index in [2.05, 4.69) is 16.4 Å². The molecule has 1 heterocycles. The van der Waals surface area contributed by atoms with Gasteiger partial charge in [0.15, 0.2) is 0 Å². The van der Waals surface area contributed by atoms with Crippen LogP contribution in [0.4, 0.5) is 0 Å². The topological polar surface area (TPSA) is 48.7 Å². The molecular weight excluding hydrogens is 230 g/mol. The number of aromatic nitrogens is 1. The summed E-state index contributed by atoms with van der Waals surface area (Å²) in [5.41, 5.74) is -0.381. The van der Waals surface area contributed by atoms with Gasteiger partial charge < -0.3 is 0 Å². The Labute approximate surface area is 108 Å². The van der Waals surface area contributed by atoms with E-state index in [1.165, 1.54) is 4.90 Å². The van der Waals surface area contributed by atoms with Crippen molar-refractivity contribution in [2.45, 2.75) is 37.1 Å². The lowest BCUT2D eigenvalue weighted by molar-refractivity contribution is 0.426. The first kappa shape index (κ1) is 14.0. The fraction of sp³-hybridized carbons (Fsp3) is 0.538. The van der Waals surface area contributed by atoms with Crippen LogP contribution in [-0.2, 0) is 0 Å². The van der Waals surface area contributed by atoms with Crippen molar-refractivity contribution in [1.29, 1.82) is 5.26 Å². The largest absolute Gasteiger partial charge is 0.300 e. The van der Waals surface area contributed by atoms with Gasteiger partial charge in [-0.2, -0.15) is 5.26 Å². The molecule has 4 heteroatoms. The lowest BCUT2D eigenvalue weighted by Crippen LogP contribution is -2.40. The Morgan fingerprint density at radius 3 is 2.76 bits per heavy atom. The third kappa shape index (κ3) is 5.20. The van der Waals surface area contributed by atoms with Crippen LogP contribution in [0.2, 0.25) is 0 Å². The van der Waals surface area contributed by atoms with Crippen LogP contribution in [-0.4, -0.2) is 22.8 Å². The van der Waals surface area contributed by atoms with E-state index in [-0.39, 0.29) is 5.54 Å². The standard InChI is InChI=1S/C13H19N3S/c1-3-16-13(2,11-14)7-4-10-17-12-5-8-15-9-6-12/h5-6,8-9,16H,3-4,7,10H2,1-2H3. The highest BCUT2D eigenvalue weighted by Gasteiger charge is 2.21. The van der Waals surface area contributed by atoms with Crippen LogP contribution in [0.5, 0.6) is 0 Å². The Hall–Kier alpha value is -1.05. The molecule has 0 saturated heterocycles. The van der Waals surface area contributed by atoms with Crippen LogP contribution in [0.15, 0.2) is 29.4 Å². The van der Waals surface area contributed by atoms with Gasteiger partial charge in [0.05, 0.1) is 6.07 Å². The van der Waals surface area contributed by atoms with Crippen molar-refractivity contribution in [2.75, 3.05) is 12.3 Å². The minimum atomic E-state index is -0.381. The van der Waals surface area contributed by atoms with E-state index in [9.17, 15) is 0 Å². The number of hydrogen-bond acceptors (Lipinski definition) is 4. The first-order chi connectivity index (χ1) is 8.20. The van der Waals surface area contributed by atoms with Gasteiger partial charge in [-0.1, -0.05) is 6.92 Å². The van der Waals surface area contributed by atoms with Crippen LogP contribution < -0.4 is 5.32 Å². The third-order valence-corrected chi connectivity index (χ3v) is 3.65. The van der Waals surface area contributed by atoms with E-state index >= 15 is 0 Å². The Kier molecular flexibility index (Phi) is 6.03. The zero-order chi connectivity index (χ0) is 12.6. The Morgan fingerprint density at radius 1 is 1.47 bits per heavy atom. The van der Waals surface area contributed by atoms with Gasteiger partial charge in [-0.25, -0.2) is 0 Å². The molecule has 1 N–H and O–H groups in total. The first-order valence-corrected chi connectivity index (χ1v) is 6.88. The SMILES string of the molecule is CCNC(C)(C#N)CCCSc1ccncc1. The van der Waals surface area contributed by atoms with Gasteiger partial charge in [0.2, 0.25) is 0 Å². The Bertz CT molecular complexity index is 361. The minimum Gasteiger partial charge on any atom is -0.300 e. The van der Waals surface area contributed by atoms with E-state index < -0.39 is 0 Å². The molecule has 0 spiro atoms. The van der Waals surface area contributed by atoms with Crippen molar-refractivity contribution in [3.63, 3.8) is 0 Å². The van der Waals surface area contributed by atoms with E-state index in [1.54, 1.807) is 12.4 Å². The average molecular weight is 249 g/mol. The monoisotopic (exact) mass is 249 g/mol. The van der Waals surface area contributed by atoms with Crippen LogP contribution in [0.3, 0.4) is 0 Å². The van der Waals surface area contributed by atoms with Crippen LogP contribution in [0.25, 0.3) is 0 Å². The van der Waals surface area contributed by atoms with Gasteiger partial charge in [0.25, 0.3) is 0 Å². The van der Waals surface area contributed by atoms with Crippen molar-refractivity contribution in [2.24, 2.45) is 0 Å². The summed E-state index contributed by atoms with van der Waals surface area (Å²) in [5.74, 6) is 1.03. The minimum absolute atomic E-state index is 0.381. The lowest BCUT2D eigenvalue weighted by atomic mass is 9.98. The molecule has 17 heavy (non-hydrogen) atoms. The van der Waals surface area contributed by atoms with Gasteiger partial charge in [0, 0.05) is 17.3 Å². The van der Waals surface area contributed by atoms with Crippen molar-refractivity contribution < 1.29 is 0 Å². The molecule has 0 aliphatic heterocycles. The summed E-state index contributed by atoms with van der Waals surface area (Å²) in [6, 6.07) is 6.37. The normalized spacial score (nSPS) is 13.9. The van der Waals surface area contributed by atoms with Crippen molar-refractivity contribution in [3.05, 3.63) is 24.5 Å². The predicted octanol–water partition coefficient (Wildman–Crippen LogP) is 2.85. The average Bonchev–Trinajstić information content (AvgIpc) is 2.36. The van der Waals surface area contributed by atoms with Gasteiger partial charge in [0.1, 0.15) is 5.54 Å². The van der Waals surface area contributed by atoms with Crippen molar-refractivity contribution in [3.8, 4) is 6.07 Å². The van der Waals surface area contributed by atoms with E-state index in [1.807, 2.05) is 37.7 Å². The summed E-state index contributed by atoms with van der Waals surface area (Å²) in [7, 11) is 0. The number of nitrogens with zero attached hydrogens (tertiary/aromatic N) is 2. The predicted molar refractivity (Wildman–Crippen MR) is 71.9 cm³/mol. The number of nitrogens with one attached hydrogen (secondary N) is 1. The number of thioether (sulfide) groups is 1. The number of hydrogen-bond donors (Lipinski definition) is 1. The first-order valence-electron chi connectivity index (χ1n) is 5.89. The van der Waals surface area contributed by atoms with E-state index in [4.69, 9.17) is 5.26 Å². The molecule has 0 aliphatic rings. The van der Waals surface area contributed by atoms with Crippen LogP contribution in [0, 0.1) is 11.3 Å². The fourth-order valence-corrected chi connectivity index (χ4v) is 2.46. The maximum absolute atomic E-state index is 9.11. The zero-order valence-corrected chi connectivity index (χ0v) is 11.3. The van der Waals surface area contributed by atoms with Crippen LogP contribution >= 0.6 is 11.8 Å². The second kappa shape index (κ2) is 7.31. The summed E-state index contributed by atoms with van der Waals surface area (Å²) in [6.07, 6.45) is 5.53. The summed E-state index contributed by atoms with van der Waals surface area (Å²) in [5, 5.41) is 12.3. The quantitative estimate of drug-likeness (QED) is 0.596. The van der Waals surface area contributed by atoms with E-state index in [0.717, 1.165) is 25.1 Å². The fourth-order valence-electron chi connectivity index (χ4n) is 1.62. The molecule has 1 unspecified atom stereocenters. The van der Waals surface area contributed by atoms with Gasteiger partial charge in [-0.15, -0.1) is 11.8 Å². The smallest absolute Gasteiger partial charge is 0.103 e. The highest BCUT2D eigenvalue weighted by atomic mass is 32.2. The molecule has 0 fully saturated rings. The summed E-state index contributed by atoms with van der Waals surface area (Å²) < 4.78 is 0. The molecule has 3 nitrogen and oxygen atoms in total.